The van der Waals surface area contributed by atoms with Crippen molar-refractivity contribution in [2.45, 2.75) is 36.1 Å². The van der Waals surface area contributed by atoms with Crippen LogP contribution in [0, 0.1) is 0 Å². The van der Waals surface area contributed by atoms with Gasteiger partial charge in [0.15, 0.2) is 0 Å². The van der Waals surface area contributed by atoms with Gasteiger partial charge in [-0.25, -0.2) is 8.42 Å². The topological polar surface area (TPSA) is 95.6 Å². The fourth-order valence-electron chi connectivity index (χ4n) is 2.79. The molecule has 0 spiro atoms. The molecule has 1 aromatic rings. The van der Waals surface area contributed by atoms with Gasteiger partial charge in [-0.05, 0) is 37.1 Å². The molecule has 30 heavy (non-hydrogen) atoms. The van der Waals surface area contributed by atoms with Gasteiger partial charge in [-0.3, -0.25) is 9.59 Å². The van der Waals surface area contributed by atoms with Gasteiger partial charge in [-0.1, -0.05) is 0 Å². The molecule has 1 aliphatic heterocycles. The number of sulfonamides is 1. The molecule has 0 bridgehead atoms. The summed E-state index contributed by atoms with van der Waals surface area (Å²) in [5.74, 6) is -2.15. The molecule has 1 fully saturated rings. The lowest BCUT2D eigenvalue weighted by molar-refractivity contribution is -0.140. The molecule has 0 radical (unpaired) electrons. The number of hydrogen-bond donors (Lipinski definition) is 2. The first-order valence-electron chi connectivity index (χ1n) is 8.52. The third kappa shape index (κ3) is 6.32. The van der Waals surface area contributed by atoms with Crippen molar-refractivity contribution in [2.24, 2.45) is 0 Å². The van der Waals surface area contributed by atoms with Crippen LogP contribution in [-0.2, 0) is 14.8 Å². The average molecular weight is 461 g/mol. The van der Waals surface area contributed by atoms with Crippen molar-refractivity contribution in [3.05, 3.63) is 29.8 Å². The molecular weight excluding hydrogens is 444 g/mol. The standard InChI is InChI=1S/C16H17F6N3O4S/c17-15(18,19)8-23-13(26)10-3-5-11(6-4-10)30(28,29)25-7-1-2-12(25)14(27)24-9-16(20,21)22/h3-6,12H,1-2,7-9H2,(H,23,26)(H,24,27). The largest absolute Gasteiger partial charge is 0.405 e. The van der Waals surface area contributed by atoms with Crippen LogP contribution in [0.25, 0.3) is 0 Å². The minimum atomic E-state index is -4.65. The molecule has 1 heterocycles. The number of benzene rings is 1. The highest BCUT2D eigenvalue weighted by atomic mass is 32.2. The van der Waals surface area contributed by atoms with Crippen molar-refractivity contribution >= 4 is 21.8 Å². The molecule has 1 aromatic carbocycles. The maximum absolute atomic E-state index is 12.8. The van der Waals surface area contributed by atoms with Crippen LogP contribution in [0.4, 0.5) is 26.3 Å². The first-order valence-corrected chi connectivity index (χ1v) is 9.96. The van der Waals surface area contributed by atoms with Gasteiger partial charge in [-0.15, -0.1) is 0 Å². The van der Waals surface area contributed by atoms with Crippen molar-refractivity contribution in [2.75, 3.05) is 19.6 Å². The van der Waals surface area contributed by atoms with Crippen LogP contribution >= 0.6 is 0 Å². The average Bonchev–Trinajstić information content (AvgIpc) is 3.14. The van der Waals surface area contributed by atoms with E-state index in [9.17, 15) is 44.3 Å². The minimum Gasteiger partial charge on any atom is -0.346 e. The number of amides is 2. The highest BCUT2D eigenvalue weighted by Gasteiger charge is 2.40. The highest BCUT2D eigenvalue weighted by molar-refractivity contribution is 7.89. The lowest BCUT2D eigenvalue weighted by atomic mass is 10.2. The summed E-state index contributed by atoms with van der Waals surface area (Å²) in [5.41, 5.74) is -0.223. The summed E-state index contributed by atoms with van der Waals surface area (Å²) in [4.78, 5) is 23.3. The smallest absolute Gasteiger partial charge is 0.346 e. The van der Waals surface area contributed by atoms with Gasteiger partial charge >= 0.3 is 12.4 Å². The second-order valence-corrected chi connectivity index (χ2v) is 8.32. The van der Waals surface area contributed by atoms with Gasteiger partial charge in [0.25, 0.3) is 5.91 Å². The zero-order valence-electron chi connectivity index (χ0n) is 15.2. The second kappa shape index (κ2) is 8.79. The number of nitrogens with zero attached hydrogens (tertiary/aromatic N) is 1. The van der Waals surface area contributed by atoms with Gasteiger partial charge in [0.05, 0.1) is 4.90 Å². The number of alkyl halides is 6. The number of carbonyl (C=O) groups excluding carboxylic acids is 2. The Balaban J connectivity index is 2.12. The van der Waals surface area contributed by atoms with E-state index in [-0.39, 0.29) is 29.8 Å². The Labute approximate surface area is 167 Å². The van der Waals surface area contributed by atoms with Crippen LogP contribution in [-0.4, -0.2) is 62.6 Å². The van der Waals surface area contributed by atoms with Gasteiger partial charge in [0, 0.05) is 12.1 Å². The molecular formula is C16H17F6N3O4S. The zero-order valence-corrected chi connectivity index (χ0v) is 16.0. The molecule has 1 atom stereocenters. The van der Waals surface area contributed by atoms with Gasteiger partial charge < -0.3 is 10.6 Å². The van der Waals surface area contributed by atoms with E-state index in [1.165, 1.54) is 0 Å². The number of halogens is 6. The number of hydrogen-bond acceptors (Lipinski definition) is 4. The van der Waals surface area contributed by atoms with E-state index in [2.05, 4.69) is 0 Å². The molecule has 168 valence electrons. The predicted molar refractivity (Wildman–Crippen MR) is 90.8 cm³/mol. The molecule has 1 saturated heterocycles. The number of carbonyl (C=O) groups is 2. The molecule has 1 aliphatic rings. The molecule has 0 aliphatic carbocycles. The van der Waals surface area contributed by atoms with Crippen LogP contribution < -0.4 is 10.6 Å². The Morgan fingerprint density at radius 2 is 1.50 bits per heavy atom. The minimum absolute atomic E-state index is 0.0286. The van der Waals surface area contributed by atoms with Crippen LogP contribution in [0.5, 0.6) is 0 Å². The fraction of sp³-hybridized carbons (Fsp3) is 0.500. The summed E-state index contributed by atoms with van der Waals surface area (Å²) >= 11 is 0. The third-order valence-corrected chi connectivity index (χ3v) is 6.06. The van der Waals surface area contributed by atoms with Crippen molar-refractivity contribution in [1.82, 2.24) is 14.9 Å². The Bertz CT molecular complexity index is 884. The van der Waals surface area contributed by atoms with Gasteiger partial charge in [0.2, 0.25) is 15.9 Å². The summed E-state index contributed by atoms with van der Waals surface area (Å²) in [5, 5.41) is 3.29. The highest BCUT2D eigenvalue weighted by Crippen LogP contribution is 2.27. The summed E-state index contributed by atoms with van der Waals surface area (Å²) in [6, 6.07) is 2.61. The lowest BCUT2D eigenvalue weighted by Gasteiger charge is -2.23. The van der Waals surface area contributed by atoms with Crippen LogP contribution in [0.1, 0.15) is 23.2 Å². The molecule has 2 amide bonds. The maximum Gasteiger partial charge on any atom is 0.405 e. The molecule has 0 saturated carbocycles. The fourth-order valence-corrected chi connectivity index (χ4v) is 4.45. The summed E-state index contributed by atoms with van der Waals surface area (Å²) in [7, 11) is -4.29. The van der Waals surface area contributed by atoms with Gasteiger partial charge in [0.1, 0.15) is 19.1 Å². The Kier molecular flexibility index (Phi) is 7.01. The van der Waals surface area contributed by atoms with Crippen molar-refractivity contribution in [1.29, 1.82) is 0 Å². The molecule has 7 nitrogen and oxygen atoms in total. The van der Waals surface area contributed by atoms with E-state index in [0.717, 1.165) is 28.6 Å². The summed E-state index contributed by atoms with van der Waals surface area (Å²) in [6.07, 6.45) is -8.99. The molecule has 2 N–H and O–H groups in total. The van der Waals surface area contributed by atoms with E-state index >= 15 is 0 Å². The molecule has 2 rings (SSSR count). The van der Waals surface area contributed by atoms with E-state index in [1.54, 1.807) is 10.6 Å². The Morgan fingerprint density at radius 3 is 2.03 bits per heavy atom. The van der Waals surface area contributed by atoms with Crippen LogP contribution in [0.15, 0.2) is 29.2 Å². The van der Waals surface area contributed by atoms with E-state index in [4.69, 9.17) is 0 Å². The van der Waals surface area contributed by atoms with E-state index in [1.807, 2.05) is 0 Å². The monoisotopic (exact) mass is 461 g/mol. The molecule has 1 unspecified atom stereocenters. The summed E-state index contributed by atoms with van der Waals surface area (Å²) < 4.78 is 99.6. The third-order valence-electron chi connectivity index (χ3n) is 4.14. The predicted octanol–water partition coefficient (Wildman–Crippen LogP) is 1.81. The van der Waals surface area contributed by atoms with Gasteiger partial charge in [-0.2, -0.15) is 30.6 Å². The Morgan fingerprint density at radius 1 is 0.967 bits per heavy atom. The van der Waals surface area contributed by atoms with E-state index < -0.39 is 53.3 Å². The SMILES string of the molecule is O=C(NCC(F)(F)F)c1ccc(S(=O)(=O)N2CCCC2C(=O)NCC(F)(F)F)cc1. The number of nitrogens with one attached hydrogen (secondary N) is 2. The van der Waals surface area contributed by atoms with E-state index in [0.29, 0.717) is 0 Å². The van der Waals surface area contributed by atoms with Crippen molar-refractivity contribution < 1.29 is 44.3 Å². The first kappa shape index (κ1) is 23.9. The summed E-state index contributed by atoms with van der Waals surface area (Å²) in [6.45, 7) is -3.26. The lowest BCUT2D eigenvalue weighted by Crippen LogP contribution is -2.47. The first-order chi connectivity index (χ1) is 13.7. The van der Waals surface area contributed by atoms with Crippen molar-refractivity contribution in [3.63, 3.8) is 0 Å². The second-order valence-electron chi connectivity index (χ2n) is 6.43. The Hall–Kier alpha value is -2.35. The maximum atomic E-state index is 12.8. The normalized spacial score (nSPS) is 18.3. The number of rotatable bonds is 6. The van der Waals surface area contributed by atoms with Crippen molar-refractivity contribution in [3.8, 4) is 0 Å². The molecule has 0 aromatic heterocycles. The molecule has 14 heteroatoms. The quantitative estimate of drug-likeness (QED) is 0.632. The van der Waals surface area contributed by atoms with Crippen LogP contribution in [0.3, 0.4) is 0 Å². The van der Waals surface area contributed by atoms with Crippen LogP contribution in [0.2, 0.25) is 0 Å². The zero-order chi connectivity index (χ0) is 22.7.